The Bertz CT molecular complexity index is 957. The summed E-state index contributed by atoms with van der Waals surface area (Å²) in [5.41, 5.74) is 2.42. The lowest BCUT2D eigenvalue weighted by molar-refractivity contribution is -0.137. The molecule has 164 valence electrons. The number of rotatable bonds is 5. The van der Waals surface area contributed by atoms with Crippen LogP contribution in [0.5, 0.6) is 0 Å². The summed E-state index contributed by atoms with van der Waals surface area (Å²) in [4.78, 5) is 43.1. The second kappa shape index (κ2) is 8.91. The van der Waals surface area contributed by atoms with Crippen molar-refractivity contribution in [1.82, 2.24) is 24.9 Å². The number of H-pyrrole nitrogens is 1. The van der Waals surface area contributed by atoms with Gasteiger partial charge in [0.2, 0.25) is 11.8 Å². The molecule has 2 aliphatic heterocycles. The maximum Gasteiger partial charge on any atom is 0.257 e. The van der Waals surface area contributed by atoms with E-state index in [4.69, 9.17) is 0 Å². The van der Waals surface area contributed by atoms with E-state index in [0.717, 1.165) is 24.1 Å². The number of hydrogen-bond donors (Lipinski definition) is 1. The number of benzene rings is 1. The summed E-state index contributed by atoms with van der Waals surface area (Å²) in [5, 5.41) is 7.17. The van der Waals surface area contributed by atoms with Crippen LogP contribution in [0, 0.1) is 5.92 Å². The number of piperidine rings is 1. The van der Waals surface area contributed by atoms with E-state index in [0.29, 0.717) is 31.7 Å². The molecule has 1 aromatic carbocycles. The number of aromatic nitrogens is 2. The van der Waals surface area contributed by atoms with Gasteiger partial charge in [0.1, 0.15) is 0 Å². The van der Waals surface area contributed by atoms with Gasteiger partial charge in [0, 0.05) is 52.6 Å². The van der Waals surface area contributed by atoms with Crippen LogP contribution in [0.3, 0.4) is 0 Å². The van der Waals surface area contributed by atoms with E-state index in [9.17, 15) is 14.4 Å². The van der Waals surface area contributed by atoms with E-state index in [-0.39, 0.29) is 36.0 Å². The van der Waals surface area contributed by atoms with Crippen LogP contribution in [0.1, 0.15) is 46.8 Å². The van der Waals surface area contributed by atoms with Crippen LogP contribution in [-0.4, -0.2) is 76.3 Å². The number of carbonyl (C=O) groups is 3. The van der Waals surface area contributed by atoms with Gasteiger partial charge in [-0.05, 0) is 18.4 Å². The number of aromatic amines is 1. The predicted molar refractivity (Wildman–Crippen MR) is 115 cm³/mol. The Hall–Kier alpha value is -3.16. The van der Waals surface area contributed by atoms with Crippen molar-refractivity contribution in [2.45, 2.75) is 31.7 Å². The van der Waals surface area contributed by atoms with Crippen molar-refractivity contribution in [3.8, 4) is 0 Å². The van der Waals surface area contributed by atoms with Gasteiger partial charge in [0.25, 0.3) is 5.91 Å². The van der Waals surface area contributed by atoms with Crippen LogP contribution in [0.4, 0.5) is 0 Å². The quantitative estimate of drug-likeness (QED) is 0.795. The summed E-state index contributed by atoms with van der Waals surface area (Å²) in [7, 11) is 3.53. The van der Waals surface area contributed by atoms with Gasteiger partial charge in [-0.2, -0.15) is 5.10 Å². The lowest BCUT2D eigenvalue weighted by atomic mass is 9.91. The summed E-state index contributed by atoms with van der Waals surface area (Å²) in [6.07, 6.45) is 3.62. The van der Waals surface area contributed by atoms with Crippen molar-refractivity contribution in [3.05, 3.63) is 53.3 Å². The smallest absolute Gasteiger partial charge is 0.257 e. The Morgan fingerprint density at radius 1 is 1.23 bits per heavy atom. The largest absolute Gasteiger partial charge is 0.345 e. The Labute approximate surface area is 182 Å². The molecule has 2 fully saturated rings. The zero-order valence-electron chi connectivity index (χ0n) is 18.1. The lowest BCUT2D eigenvalue weighted by Gasteiger charge is -2.34. The molecule has 0 spiro atoms. The molecular formula is C23H29N5O3. The van der Waals surface area contributed by atoms with Crippen molar-refractivity contribution < 1.29 is 14.4 Å². The number of amides is 3. The van der Waals surface area contributed by atoms with Crippen LogP contribution >= 0.6 is 0 Å². The molecule has 2 aromatic rings. The first-order valence-electron chi connectivity index (χ1n) is 10.8. The van der Waals surface area contributed by atoms with Crippen molar-refractivity contribution in [2.75, 3.05) is 33.7 Å². The topological polar surface area (TPSA) is 89.6 Å². The van der Waals surface area contributed by atoms with Crippen LogP contribution in [0.25, 0.3) is 0 Å². The standard InChI is InChI=1S/C23H29N5O3/c1-26-14-18(11-20(26)29)22(30)28-10-6-9-17(15-28)21-19(12-24-25-21)23(31)27(2)13-16-7-4-3-5-8-16/h3-5,7-8,12,17-18H,6,9-11,13-15H2,1-2H3,(H,24,25)/t17-,18-/m1/s1. The van der Waals surface area contributed by atoms with E-state index < -0.39 is 0 Å². The fourth-order valence-corrected chi connectivity index (χ4v) is 4.61. The van der Waals surface area contributed by atoms with Gasteiger partial charge in [-0.1, -0.05) is 30.3 Å². The second-order valence-electron chi connectivity index (χ2n) is 8.64. The van der Waals surface area contributed by atoms with E-state index >= 15 is 0 Å². The first kappa shape index (κ1) is 21.1. The molecule has 2 atom stereocenters. The number of carbonyl (C=O) groups excluding carboxylic acids is 3. The van der Waals surface area contributed by atoms with Gasteiger partial charge in [0.15, 0.2) is 0 Å². The summed E-state index contributed by atoms with van der Waals surface area (Å²) in [5.74, 6) is -0.264. The van der Waals surface area contributed by atoms with Crippen LogP contribution in [-0.2, 0) is 16.1 Å². The third kappa shape index (κ3) is 4.47. The molecule has 8 heteroatoms. The van der Waals surface area contributed by atoms with Crippen molar-refractivity contribution in [1.29, 1.82) is 0 Å². The number of likely N-dealkylation sites (tertiary alicyclic amines) is 2. The molecule has 0 saturated carbocycles. The SMILES string of the molecule is CN1C[C@H](C(=O)N2CCC[C@@H](c3[nH]ncc3C(=O)N(C)Cc3ccccc3)C2)CC1=O. The molecule has 4 rings (SSSR count). The van der Waals surface area contributed by atoms with E-state index in [1.807, 2.05) is 35.2 Å². The first-order chi connectivity index (χ1) is 14.9. The fraction of sp³-hybridized carbons (Fsp3) is 0.478. The van der Waals surface area contributed by atoms with Crippen molar-refractivity contribution in [2.24, 2.45) is 5.92 Å². The number of nitrogens with one attached hydrogen (secondary N) is 1. The van der Waals surface area contributed by atoms with Gasteiger partial charge in [-0.3, -0.25) is 19.5 Å². The van der Waals surface area contributed by atoms with Crippen LogP contribution in [0.2, 0.25) is 0 Å². The molecule has 0 radical (unpaired) electrons. The Balaban J connectivity index is 1.44. The average Bonchev–Trinajstić information content (AvgIpc) is 3.40. The zero-order valence-corrected chi connectivity index (χ0v) is 18.1. The first-order valence-corrected chi connectivity index (χ1v) is 10.8. The van der Waals surface area contributed by atoms with Crippen LogP contribution < -0.4 is 0 Å². The monoisotopic (exact) mass is 423 g/mol. The maximum absolute atomic E-state index is 13.1. The third-order valence-corrected chi connectivity index (χ3v) is 6.34. The molecule has 0 aliphatic carbocycles. The van der Waals surface area contributed by atoms with Gasteiger partial charge in [0.05, 0.1) is 23.4 Å². The zero-order chi connectivity index (χ0) is 22.0. The summed E-state index contributed by atoms with van der Waals surface area (Å²) < 4.78 is 0. The Kier molecular flexibility index (Phi) is 6.06. The number of hydrogen-bond acceptors (Lipinski definition) is 4. The Morgan fingerprint density at radius 3 is 2.71 bits per heavy atom. The third-order valence-electron chi connectivity index (χ3n) is 6.34. The molecule has 3 heterocycles. The van der Waals surface area contributed by atoms with Gasteiger partial charge in [-0.25, -0.2) is 0 Å². The summed E-state index contributed by atoms with van der Waals surface area (Å²) in [6.45, 7) is 2.23. The molecule has 3 amide bonds. The lowest BCUT2D eigenvalue weighted by Crippen LogP contribution is -2.43. The van der Waals surface area contributed by atoms with E-state index in [1.54, 1.807) is 30.1 Å². The average molecular weight is 424 g/mol. The molecule has 1 N–H and O–H groups in total. The normalized spacial score (nSPS) is 21.4. The van der Waals surface area contributed by atoms with Gasteiger partial charge in [-0.15, -0.1) is 0 Å². The molecule has 0 unspecified atom stereocenters. The highest BCUT2D eigenvalue weighted by Crippen LogP contribution is 2.30. The molecular weight excluding hydrogens is 394 g/mol. The summed E-state index contributed by atoms with van der Waals surface area (Å²) in [6, 6.07) is 9.86. The van der Waals surface area contributed by atoms with Crippen molar-refractivity contribution >= 4 is 17.7 Å². The van der Waals surface area contributed by atoms with Gasteiger partial charge < -0.3 is 14.7 Å². The highest BCUT2D eigenvalue weighted by molar-refractivity contribution is 5.95. The molecule has 2 aliphatic rings. The van der Waals surface area contributed by atoms with Crippen molar-refractivity contribution in [3.63, 3.8) is 0 Å². The minimum Gasteiger partial charge on any atom is -0.345 e. The maximum atomic E-state index is 13.1. The van der Waals surface area contributed by atoms with Gasteiger partial charge >= 0.3 is 0 Å². The molecule has 0 bridgehead atoms. The highest BCUT2D eigenvalue weighted by atomic mass is 16.2. The summed E-state index contributed by atoms with van der Waals surface area (Å²) >= 11 is 0. The molecule has 31 heavy (non-hydrogen) atoms. The Morgan fingerprint density at radius 2 is 2.00 bits per heavy atom. The fourth-order valence-electron chi connectivity index (χ4n) is 4.61. The van der Waals surface area contributed by atoms with E-state index in [1.165, 1.54) is 0 Å². The predicted octanol–water partition coefficient (Wildman–Crippen LogP) is 1.87. The van der Waals surface area contributed by atoms with Crippen LogP contribution in [0.15, 0.2) is 36.5 Å². The minimum absolute atomic E-state index is 0.0230. The molecule has 8 nitrogen and oxygen atoms in total. The molecule has 1 aromatic heterocycles. The van der Waals surface area contributed by atoms with E-state index in [2.05, 4.69) is 10.2 Å². The highest BCUT2D eigenvalue weighted by Gasteiger charge is 2.37. The molecule has 2 saturated heterocycles. The number of nitrogens with zero attached hydrogens (tertiary/aromatic N) is 4. The minimum atomic E-state index is -0.267. The second-order valence-corrected chi connectivity index (χ2v) is 8.64.